The van der Waals surface area contributed by atoms with Crippen molar-refractivity contribution in [3.63, 3.8) is 0 Å². The lowest BCUT2D eigenvalue weighted by atomic mass is 10.1. The van der Waals surface area contributed by atoms with E-state index in [4.69, 9.17) is 4.42 Å². The Bertz CT molecular complexity index is 801. The highest BCUT2D eigenvalue weighted by molar-refractivity contribution is 6.08. The van der Waals surface area contributed by atoms with E-state index >= 15 is 0 Å². The van der Waals surface area contributed by atoms with Gasteiger partial charge in [-0.05, 0) is 35.7 Å². The third-order valence-corrected chi connectivity index (χ3v) is 4.01. The molecule has 21 heavy (non-hydrogen) atoms. The van der Waals surface area contributed by atoms with Gasteiger partial charge in [-0.1, -0.05) is 44.2 Å². The normalized spacial score (nSPS) is 13.0. The molecule has 2 aromatic carbocycles. The summed E-state index contributed by atoms with van der Waals surface area (Å²) in [5.41, 5.74) is 0.746. The molecule has 3 heteroatoms. The fourth-order valence-electron chi connectivity index (χ4n) is 2.35. The fraction of sp³-hybridized carbons (Fsp3) is 0.278. The molecule has 0 saturated carbocycles. The van der Waals surface area contributed by atoms with Crippen molar-refractivity contribution in [2.45, 2.75) is 26.8 Å². The first-order chi connectivity index (χ1) is 10.1. The van der Waals surface area contributed by atoms with Crippen molar-refractivity contribution < 1.29 is 9.21 Å². The molecule has 1 aromatic heterocycles. The minimum absolute atomic E-state index is 0.113. The summed E-state index contributed by atoms with van der Waals surface area (Å²) in [6.07, 6.45) is 0. The van der Waals surface area contributed by atoms with Gasteiger partial charge in [0.05, 0.1) is 0 Å². The van der Waals surface area contributed by atoms with E-state index in [0.717, 1.165) is 21.7 Å². The van der Waals surface area contributed by atoms with Crippen LogP contribution in [0.25, 0.3) is 21.7 Å². The van der Waals surface area contributed by atoms with Gasteiger partial charge in [0.2, 0.25) is 0 Å². The molecule has 1 N–H and O–H groups in total. The highest BCUT2D eigenvalue weighted by atomic mass is 16.3. The monoisotopic (exact) mass is 281 g/mol. The van der Waals surface area contributed by atoms with Gasteiger partial charge in [0.25, 0.3) is 5.91 Å². The quantitative estimate of drug-likeness (QED) is 0.775. The molecule has 1 amide bonds. The molecule has 0 radical (unpaired) electrons. The molecule has 0 aliphatic rings. The summed E-state index contributed by atoms with van der Waals surface area (Å²) in [6, 6.07) is 14.0. The summed E-state index contributed by atoms with van der Waals surface area (Å²) in [6.45, 7) is 6.16. The summed E-state index contributed by atoms with van der Waals surface area (Å²) < 4.78 is 5.71. The highest BCUT2D eigenvalue weighted by Crippen LogP contribution is 2.28. The Morgan fingerprint density at radius 3 is 2.57 bits per heavy atom. The van der Waals surface area contributed by atoms with Gasteiger partial charge in [-0.3, -0.25) is 4.79 Å². The third kappa shape index (κ3) is 2.51. The van der Waals surface area contributed by atoms with Gasteiger partial charge in [-0.15, -0.1) is 0 Å². The standard InChI is InChI=1S/C18H19NO2/c1-11(2)12(3)19-18(20)17-10-15-14-7-5-4-6-13(14)8-9-16(15)21-17/h4-12H,1-3H3,(H,19,20)/t12-/m0/s1. The Kier molecular flexibility index (Phi) is 3.42. The van der Waals surface area contributed by atoms with E-state index in [-0.39, 0.29) is 11.9 Å². The van der Waals surface area contributed by atoms with Gasteiger partial charge in [-0.2, -0.15) is 0 Å². The van der Waals surface area contributed by atoms with E-state index in [9.17, 15) is 4.79 Å². The Labute approximate surface area is 123 Å². The number of fused-ring (bicyclic) bond motifs is 3. The lowest BCUT2D eigenvalue weighted by Crippen LogP contribution is -2.35. The van der Waals surface area contributed by atoms with Gasteiger partial charge in [0.1, 0.15) is 5.58 Å². The van der Waals surface area contributed by atoms with Gasteiger partial charge >= 0.3 is 0 Å². The van der Waals surface area contributed by atoms with Gasteiger partial charge in [0.15, 0.2) is 5.76 Å². The molecule has 0 spiro atoms. The minimum Gasteiger partial charge on any atom is -0.451 e. The molecule has 0 fully saturated rings. The first-order valence-corrected chi connectivity index (χ1v) is 7.28. The van der Waals surface area contributed by atoms with E-state index in [2.05, 4.69) is 25.2 Å². The number of rotatable bonds is 3. The average molecular weight is 281 g/mol. The molecular formula is C18H19NO2. The van der Waals surface area contributed by atoms with Gasteiger partial charge in [-0.25, -0.2) is 0 Å². The zero-order valence-electron chi connectivity index (χ0n) is 12.5. The zero-order valence-corrected chi connectivity index (χ0v) is 12.5. The SMILES string of the molecule is CC(C)[C@H](C)NC(=O)c1cc2c(ccc3ccccc32)o1. The number of furan rings is 1. The van der Waals surface area contributed by atoms with Crippen LogP contribution in [-0.2, 0) is 0 Å². The molecule has 0 aliphatic carbocycles. The summed E-state index contributed by atoms with van der Waals surface area (Å²) in [4.78, 5) is 12.3. The van der Waals surface area contributed by atoms with E-state index in [1.807, 2.05) is 43.3 Å². The average Bonchev–Trinajstić information content (AvgIpc) is 2.91. The molecule has 3 nitrogen and oxygen atoms in total. The number of amides is 1. The summed E-state index contributed by atoms with van der Waals surface area (Å²) in [7, 11) is 0. The molecule has 108 valence electrons. The van der Waals surface area contributed by atoms with E-state index < -0.39 is 0 Å². The van der Waals surface area contributed by atoms with Crippen molar-refractivity contribution in [3.8, 4) is 0 Å². The van der Waals surface area contributed by atoms with Crippen LogP contribution in [0.15, 0.2) is 46.9 Å². The maximum Gasteiger partial charge on any atom is 0.287 e. The number of carbonyl (C=O) groups excluding carboxylic acids is 1. The molecule has 3 rings (SSSR count). The van der Waals surface area contributed by atoms with Crippen LogP contribution < -0.4 is 5.32 Å². The van der Waals surface area contributed by atoms with Crippen LogP contribution in [0.5, 0.6) is 0 Å². The molecule has 0 saturated heterocycles. The van der Waals surface area contributed by atoms with E-state index in [1.54, 1.807) is 0 Å². The molecule has 1 heterocycles. The van der Waals surface area contributed by atoms with E-state index in [1.165, 1.54) is 0 Å². The maximum absolute atomic E-state index is 12.3. The molecule has 3 aromatic rings. The fourth-order valence-corrected chi connectivity index (χ4v) is 2.35. The molecule has 1 atom stereocenters. The lowest BCUT2D eigenvalue weighted by molar-refractivity contribution is 0.0904. The van der Waals surface area contributed by atoms with Crippen molar-refractivity contribution in [1.82, 2.24) is 5.32 Å². The van der Waals surface area contributed by atoms with Crippen LogP contribution in [-0.4, -0.2) is 11.9 Å². The predicted molar refractivity (Wildman–Crippen MR) is 85.5 cm³/mol. The Morgan fingerprint density at radius 1 is 1.05 bits per heavy atom. The molecule has 0 aliphatic heterocycles. The minimum atomic E-state index is -0.156. The van der Waals surface area contributed by atoms with Gasteiger partial charge in [0, 0.05) is 11.4 Å². The second kappa shape index (κ2) is 5.24. The second-order valence-electron chi connectivity index (χ2n) is 5.82. The van der Waals surface area contributed by atoms with Crippen LogP contribution in [0.3, 0.4) is 0 Å². The van der Waals surface area contributed by atoms with Crippen molar-refractivity contribution >= 4 is 27.6 Å². The Hall–Kier alpha value is -2.29. The molecule has 0 bridgehead atoms. The number of hydrogen-bond donors (Lipinski definition) is 1. The number of carbonyl (C=O) groups is 1. The van der Waals surface area contributed by atoms with Crippen molar-refractivity contribution in [3.05, 3.63) is 48.2 Å². The van der Waals surface area contributed by atoms with Crippen LogP contribution in [0, 0.1) is 5.92 Å². The highest BCUT2D eigenvalue weighted by Gasteiger charge is 2.17. The second-order valence-corrected chi connectivity index (χ2v) is 5.82. The van der Waals surface area contributed by atoms with Crippen LogP contribution >= 0.6 is 0 Å². The van der Waals surface area contributed by atoms with Crippen molar-refractivity contribution in [2.24, 2.45) is 5.92 Å². The van der Waals surface area contributed by atoms with E-state index in [0.29, 0.717) is 11.7 Å². The van der Waals surface area contributed by atoms with Gasteiger partial charge < -0.3 is 9.73 Å². The molecule has 0 unspecified atom stereocenters. The lowest BCUT2D eigenvalue weighted by Gasteiger charge is -2.16. The molecular weight excluding hydrogens is 262 g/mol. The third-order valence-electron chi connectivity index (χ3n) is 4.01. The number of nitrogens with one attached hydrogen (secondary N) is 1. The van der Waals surface area contributed by atoms with Crippen LogP contribution in [0.4, 0.5) is 0 Å². The van der Waals surface area contributed by atoms with Crippen molar-refractivity contribution in [2.75, 3.05) is 0 Å². The first-order valence-electron chi connectivity index (χ1n) is 7.28. The van der Waals surface area contributed by atoms with Crippen molar-refractivity contribution in [1.29, 1.82) is 0 Å². The largest absolute Gasteiger partial charge is 0.451 e. The zero-order chi connectivity index (χ0) is 15.0. The Balaban J connectivity index is 2.01. The summed E-state index contributed by atoms with van der Waals surface area (Å²) >= 11 is 0. The van der Waals surface area contributed by atoms with Crippen LogP contribution in [0.1, 0.15) is 31.3 Å². The first kappa shape index (κ1) is 13.7. The summed E-state index contributed by atoms with van der Waals surface area (Å²) in [5, 5.41) is 6.21. The topological polar surface area (TPSA) is 42.2 Å². The number of benzene rings is 2. The smallest absolute Gasteiger partial charge is 0.287 e. The van der Waals surface area contributed by atoms with Crippen LogP contribution in [0.2, 0.25) is 0 Å². The predicted octanol–water partition coefficient (Wildman–Crippen LogP) is 4.36. The Morgan fingerprint density at radius 2 is 1.81 bits per heavy atom. The number of hydrogen-bond acceptors (Lipinski definition) is 2. The summed E-state index contributed by atoms with van der Waals surface area (Å²) in [5.74, 6) is 0.601. The maximum atomic E-state index is 12.3.